The molecule has 2 aromatic rings. The van der Waals surface area contributed by atoms with E-state index >= 15 is 0 Å². The summed E-state index contributed by atoms with van der Waals surface area (Å²) in [7, 11) is 0. The summed E-state index contributed by atoms with van der Waals surface area (Å²) in [5.74, 6) is 0.719. The fourth-order valence-electron chi connectivity index (χ4n) is 2.20. The lowest BCUT2D eigenvalue weighted by atomic mass is 9.94. The molecule has 0 aliphatic carbocycles. The zero-order valence-electron chi connectivity index (χ0n) is 10.0. The van der Waals surface area contributed by atoms with E-state index in [2.05, 4.69) is 15.5 Å². The van der Waals surface area contributed by atoms with Crippen molar-refractivity contribution in [3.05, 3.63) is 28.8 Å². The molecule has 100 valence electrons. The first-order chi connectivity index (χ1) is 9.24. The maximum absolute atomic E-state index is 9.64. The van der Waals surface area contributed by atoms with E-state index in [0.29, 0.717) is 0 Å². The number of nitrogens with one attached hydrogen (secondary N) is 1. The number of fused-ring (bicyclic) bond motifs is 1. The van der Waals surface area contributed by atoms with Gasteiger partial charge in [0.15, 0.2) is 15.8 Å². The van der Waals surface area contributed by atoms with Gasteiger partial charge in [0, 0.05) is 11.8 Å². The van der Waals surface area contributed by atoms with E-state index in [-0.39, 0.29) is 17.5 Å². The first-order valence-corrected chi connectivity index (χ1v) is 7.77. The normalized spacial score (nSPS) is 18.2. The van der Waals surface area contributed by atoms with Crippen LogP contribution in [0.3, 0.4) is 0 Å². The van der Waals surface area contributed by atoms with Crippen LogP contribution >= 0.6 is 23.1 Å². The van der Waals surface area contributed by atoms with Crippen molar-refractivity contribution in [3.63, 3.8) is 0 Å². The molecule has 1 aliphatic rings. The van der Waals surface area contributed by atoms with E-state index in [1.54, 1.807) is 29.4 Å². The Balaban J connectivity index is 1.80. The molecule has 1 aliphatic heterocycles. The maximum atomic E-state index is 9.64. The first kappa shape index (κ1) is 12.7. The lowest BCUT2D eigenvalue weighted by Gasteiger charge is -2.26. The molecule has 5 nitrogen and oxygen atoms in total. The number of thioether (sulfide) groups is 1. The number of aromatic nitrogens is 2. The molecule has 3 rings (SSSR count). The van der Waals surface area contributed by atoms with Crippen molar-refractivity contribution in [2.24, 2.45) is 0 Å². The minimum atomic E-state index is -0.0617. The standard InChI is InChI=1S/C12H13N3O2S2/c16-10-3-7-1-2-13-9(8(7)4-11(10)17)5-18-12-15-14-6-19-12/h3-4,6,9,13,16-17H,1-2,5H2. The molecule has 0 saturated heterocycles. The van der Waals surface area contributed by atoms with Gasteiger partial charge in [0.05, 0.1) is 0 Å². The number of rotatable bonds is 3. The Morgan fingerprint density at radius 1 is 1.37 bits per heavy atom. The van der Waals surface area contributed by atoms with Gasteiger partial charge in [-0.15, -0.1) is 10.2 Å². The second-order valence-electron chi connectivity index (χ2n) is 4.31. The third-order valence-corrected chi connectivity index (χ3v) is 5.06. The molecule has 0 fully saturated rings. The van der Waals surface area contributed by atoms with Crippen LogP contribution in [0, 0.1) is 0 Å². The third kappa shape index (κ3) is 2.68. The van der Waals surface area contributed by atoms with Gasteiger partial charge in [0.2, 0.25) is 0 Å². The smallest absolute Gasteiger partial charge is 0.174 e. The molecule has 0 radical (unpaired) electrons. The van der Waals surface area contributed by atoms with Crippen LogP contribution in [-0.2, 0) is 6.42 Å². The van der Waals surface area contributed by atoms with Crippen molar-refractivity contribution in [3.8, 4) is 11.5 Å². The van der Waals surface area contributed by atoms with Gasteiger partial charge in [-0.1, -0.05) is 23.1 Å². The van der Waals surface area contributed by atoms with E-state index in [4.69, 9.17) is 0 Å². The fourth-order valence-corrected chi connectivity index (χ4v) is 3.79. The van der Waals surface area contributed by atoms with Crippen LogP contribution in [0.2, 0.25) is 0 Å². The number of benzene rings is 1. The summed E-state index contributed by atoms with van der Waals surface area (Å²) in [6.45, 7) is 0.874. The summed E-state index contributed by atoms with van der Waals surface area (Å²) in [5.41, 5.74) is 3.87. The largest absolute Gasteiger partial charge is 0.504 e. The van der Waals surface area contributed by atoms with Gasteiger partial charge >= 0.3 is 0 Å². The zero-order chi connectivity index (χ0) is 13.2. The molecule has 3 N–H and O–H groups in total. The van der Waals surface area contributed by atoms with Gasteiger partial charge in [-0.3, -0.25) is 0 Å². The molecular formula is C12H13N3O2S2. The molecule has 0 amide bonds. The quantitative estimate of drug-likeness (QED) is 0.593. The summed E-state index contributed by atoms with van der Waals surface area (Å²) in [5, 5.41) is 30.4. The highest BCUT2D eigenvalue weighted by Crippen LogP contribution is 2.35. The molecule has 1 atom stereocenters. The van der Waals surface area contributed by atoms with Gasteiger partial charge in [-0.05, 0) is 36.2 Å². The Morgan fingerprint density at radius 2 is 2.21 bits per heavy atom. The number of nitrogens with zero attached hydrogens (tertiary/aromatic N) is 2. The molecule has 0 bridgehead atoms. The van der Waals surface area contributed by atoms with Crippen LogP contribution in [0.15, 0.2) is 22.0 Å². The van der Waals surface area contributed by atoms with Crippen molar-refractivity contribution >= 4 is 23.1 Å². The fraction of sp³-hybridized carbons (Fsp3) is 0.333. The van der Waals surface area contributed by atoms with Crippen molar-refractivity contribution in [2.75, 3.05) is 12.3 Å². The van der Waals surface area contributed by atoms with Gasteiger partial charge in [0.1, 0.15) is 5.51 Å². The van der Waals surface area contributed by atoms with E-state index in [1.807, 2.05) is 0 Å². The molecule has 1 unspecified atom stereocenters. The molecule has 0 spiro atoms. The second-order valence-corrected chi connectivity index (χ2v) is 6.41. The Morgan fingerprint density at radius 3 is 3.00 bits per heavy atom. The average Bonchev–Trinajstić information content (AvgIpc) is 2.91. The molecule has 0 saturated carbocycles. The van der Waals surface area contributed by atoms with Gasteiger partial charge < -0.3 is 15.5 Å². The molecule has 1 aromatic heterocycles. The van der Waals surface area contributed by atoms with Crippen LogP contribution < -0.4 is 5.32 Å². The van der Waals surface area contributed by atoms with E-state index in [9.17, 15) is 10.2 Å². The molecule has 2 heterocycles. The van der Waals surface area contributed by atoms with Crippen molar-refractivity contribution < 1.29 is 10.2 Å². The summed E-state index contributed by atoms with van der Waals surface area (Å²) >= 11 is 3.17. The highest BCUT2D eigenvalue weighted by atomic mass is 32.2. The van der Waals surface area contributed by atoms with Crippen molar-refractivity contribution in [1.29, 1.82) is 0 Å². The summed E-state index contributed by atoms with van der Waals surface area (Å²) in [4.78, 5) is 0. The number of phenols is 2. The lowest BCUT2D eigenvalue weighted by molar-refractivity contribution is 0.400. The van der Waals surface area contributed by atoms with Crippen molar-refractivity contribution in [1.82, 2.24) is 15.5 Å². The number of hydrogen-bond donors (Lipinski definition) is 3. The average molecular weight is 295 g/mol. The minimum absolute atomic E-state index is 0.0452. The molecule has 19 heavy (non-hydrogen) atoms. The predicted octanol–water partition coefficient (Wildman–Crippen LogP) is 1.93. The first-order valence-electron chi connectivity index (χ1n) is 5.91. The Kier molecular flexibility index (Phi) is 3.58. The lowest BCUT2D eigenvalue weighted by Crippen LogP contribution is -2.31. The summed E-state index contributed by atoms with van der Waals surface area (Å²) in [6, 6.07) is 3.47. The van der Waals surface area contributed by atoms with E-state index < -0.39 is 0 Å². The highest BCUT2D eigenvalue weighted by molar-refractivity contribution is 8.01. The van der Waals surface area contributed by atoms with Crippen LogP contribution in [0.1, 0.15) is 17.2 Å². The van der Waals surface area contributed by atoms with E-state index in [1.165, 1.54) is 11.3 Å². The van der Waals surface area contributed by atoms with Gasteiger partial charge in [0.25, 0.3) is 0 Å². The van der Waals surface area contributed by atoms with Gasteiger partial charge in [-0.25, -0.2) is 0 Å². The monoisotopic (exact) mass is 295 g/mol. The molecule has 7 heteroatoms. The zero-order valence-corrected chi connectivity index (χ0v) is 11.7. The Labute approximate surface area is 118 Å². The topological polar surface area (TPSA) is 78.3 Å². The van der Waals surface area contributed by atoms with Crippen LogP contribution in [0.25, 0.3) is 0 Å². The minimum Gasteiger partial charge on any atom is -0.504 e. The predicted molar refractivity (Wildman–Crippen MR) is 74.9 cm³/mol. The van der Waals surface area contributed by atoms with Crippen molar-refractivity contribution in [2.45, 2.75) is 16.8 Å². The van der Waals surface area contributed by atoms with Crippen LogP contribution in [0.5, 0.6) is 11.5 Å². The highest BCUT2D eigenvalue weighted by Gasteiger charge is 2.22. The maximum Gasteiger partial charge on any atom is 0.174 e. The molecule has 1 aromatic carbocycles. The van der Waals surface area contributed by atoms with Gasteiger partial charge in [-0.2, -0.15) is 0 Å². The SMILES string of the molecule is Oc1cc2c(cc1O)C(CSc1nncs1)NCC2. The Bertz CT molecular complexity index is 575. The number of hydrogen-bond acceptors (Lipinski definition) is 7. The Hall–Kier alpha value is -1.31. The second kappa shape index (κ2) is 5.36. The van der Waals surface area contributed by atoms with E-state index in [0.717, 1.165) is 34.2 Å². The third-order valence-electron chi connectivity index (χ3n) is 3.11. The van der Waals surface area contributed by atoms with Crippen LogP contribution in [0.4, 0.5) is 0 Å². The van der Waals surface area contributed by atoms with Crippen LogP contribution in [-0.4, -0.2) is 32.7 Å². The number of phenolic OH excluding ortho intramolecular Hbond substituents is 2. The molecular weight excluding hydrogens is 282 g/mol. The summed E-state index contributed by atoms with van der Waals surface area (Å²) < 4.78 is 0.942. The summed E-state index contributed by atoms with van der Waals surface area (Å²) in [6.07, 6.45) is 0.864. The number of aromatic hydroxyl groups is 2.